The zero-order valence-corrected chi connectivity index (χ0v) is 7.56. The van der Waals surface area contributed by atoms with Gasteiger partial charge >= 0.3 is 0 Å². The molecule has 0 fully saturated rings. The van der Waals surface area contributed by atoms with Crippen molar-refractivity contribution < 1.29 is 4.52 Å². The Bertz CT molecular complexity index is 246. The van der Waals surface area contributed by atoms with Crippen LogP contribution >= 0.6 is 12.6 Å². The molecule has 2 nitrogen and oxygen atoms in total. The van der Waals surface area contributed by atoms with E-state index < -0.39 is 0 Å². The summed E-state index contributed by atoms with van der Waals surface area (Å²) >= 11 is 4.06. The van der Waals surface area contributed by atoms with Gasteiger partial charge in [-0.05, 0) is 13.8 Å². The van der Waals surface area contributed by atoms with Crippen LogP contribution in [0.25, 0.3) is 6.08 Å². The van der Waals surface area contributed by atoms with Gasteiger partial charge in [0, 0.05) is 11.3 Å². The Morgan fingerprint density at radius 3 is 2.73 bits per heavy atom. The fourth-order valence-electron chi connectivity index (χ4n) is 0.899. The van der Waals surface area contributed by atoms with E-state index in [4.69, 9.17) is 4.52 Å². The van der Waals surface area contributed by atoms with Crippen LogP contribution in [-0.2, 0) is 0 Å². The van der Waals surface area contributed by atoms with Crippen LogP contribution in [-0.4, -0.2) is 10.9 Å². The maximum atomic E-state index is 4.97. The van der Waals surface area contributed by atoms with Gasteiger partial charge in [-0.25, -0.2) is 0 Å². The van der Waals surface area contributed by atoms with Crippen molar-refractivity contribution >= 4 is 18.7 Å². The molecule has 0 bridgehead atoms. The number of hydrogen-bond donors (Lipinski definition) is 1. The Hall–Kier alpha value is -0.700. The minimum absolute atomic E-state index is 0.740. The Morgan fingerprint density at radius 1 is 1.55 bits per heavy atom. The molecule has 1 aromatic rings. The summed E-state index contributed by atoms with van der Waals surface area (Å²) in [6.45, 7) is 3.83. The molecule has 0 aliphatic rings. The van der Waals surface area contributed by atoms with Crippen molar-refractivity contribution in [1.29, 1.82) is 0 Å². The zero-order valence-electron chi connectivity index (χ0n) is 6.66. The van der Waals surface area contributed by atoms with Gasteiger partial charge in [-0.3, -0.25) is 0 Å². The minimum atomic E-state index is 0.740. The molecule has 0 amide bonds. The minimum Gasteiger partial charge on any atom is -0.361 e. The average Bonchev–Trinajstić information content (AvgIpc) is 2.29. The van der Waals surface area contributed by atoms with Crippen molar-refractivity contribution in [3.8, 4) is 0 Å². The topological polar surface area (TPSA) is 26.0 Å². The molecule has 1 heterocycles. The van der Waals surface area contributed by atoms with Crippen molar-refractivity contribution in [2.45, 2.75) is 13.8 Å². The molecule has 1 rings (SSSR count). The van der Waals surface area contributed by atoms with Gasteiger partial charge in [0.2, 0.25) is 0 Å². The zero-order chi connectivity index (χ0) is 8.27. The first-order valence-electron chi connectivity index (χ1n) is 3.46. The summed E-state index contributed by atoms with van der Waals surface area (Å²) in [7, 11) is 0. The summed E-state index contributed by atoms with van der Waals surface area (Å²) < 4.78 is 4.97. The molecule has 3 heteroatoms. The molecule has 0 spiro atoms. The summed E-state index contributed by atoms with van der Waals surface area (Å²) in [6, 6.07) is 0. The van der Waals surface area contributed by atoms with Crippen molar-refractivity contribution in [1.82, 2.24) is 5.16 Å². The fourth-order valence-corrected chi connectivity index (χ4v) is 1.00. The Labute approximate surface area is 71.7 Å². The highest BCUT2D eigenvalue weighted by Crippen LogP contribution is 2.13. The Balaban J connectivity index is 2.92. The Morgan fingerprint density at radius 2 is 2.27 bits per heavy atom. The number of thiol groups is 1. The largest absolute Gasteiger partial charge is 0.361 e. The number of rotatable bonds is 2. The van der Waals surface area contributed by atoms with Crippen LogP contribution in [0.3, 0.4) is 0 Å². The highest BCUT2D eigenvalue weighted by molar-refractivity contribution is 7.80. The predicted molar refractivity (Wildman–Crippen MR) is 48.9 cm³/mol. The quantitative estimate of drug-likeness (QED) is 0.687. The van der Waals surface area contributed by atoms with Crippen LogP contribution < -0.4 is 0 Å². The second-order valence-electron chi connectivity index (χ2n) is 2.32. The molecule has 11 heavy (non-hydrogen) atoms. The van der Waals surface area contributed by atoms with E-state index in [1.165, 1.54) is 0 Å². The van der Waals surface area contributed by atoms with Gasteiger partial charge in [0.1, 0.15) is 5.76 Å². The fraction of sp³-hybridized carbons (Fsp3) is 0.375. The molecule has 0 aliphatic heterocycles. The molecule has 0 saturated carbocycles. The third-order valence-electron chi connectivity index (χ3n) is 1.48. The van der Waals surface area contributed by atoms with Crippen LogP contribution in [0, 0.1) is 13.8 Å². The highest BCUT2D eigenvalue weighted by Gasteiger charge is 2.03. The van der Waals surface area contributed by atoms with E-state index in [1.807, 2.05) is 26.0 Å². The standard InChI is InChI=1S/C8H11NOS/c1-6-8(4-3-5-11)7(2)10-9-6/h3-4,11H,5H2,1-2H3. The molecule has 0 saturated heterocycles. The third kappa shape index (κ3) is 1.87. The number of nitrogens with zero attached hydrogens (tertiary/aromatic N) is 1. The van der Waals surface area contributed by atoms with E-state index in [-0.39, 0.29) is 0 Å². The molecule has 0 aromatic carbocycles. The second kappa shape index (κ2) is 3.62. The summed E-state index contributed by atoms with van der Waals surface area (Å²) in [5, 5.41) is 3.82. The van der Waals surface area contributed by atoms with Crippen molar-refractivity contribution in [2.24, 2.45) is 0 Å². The van der Waals surface area contributed by atoms with Gasteiger partial charge in [-0.1, -0.05) is 17.3 Å². The van der Waals surface area contributed by atoms with Crippen LogP contribution in [0.2, 0.25) is 0 Å². The van der Waals surface area contributed by atoms with Gasteiger partial charge in [-0.15, -0.1) is 0 Å². The van der Waals surface area contributed by atoms with Gasteiger partial charge in [-0.2, -0.15) is 12.6 Å². The molecule has 0 radical (unpaired) electrons. The van der Waals surface area contributed by atoms with E-state index in [0.717, 1.165) is 22.8 Å². The summed E-state index contributed by atoms with van der Waals surface area (Å²) in [6.07, 6.45) is 3.95. The highest BCUT2D eigenvalue weighted by atomic mass is 32.1. The van der Waals surface area contributed by atoms with Gasteiger partial charge in [0.05, 0.1) is 5.69 Å². The summed E-state index contributed by atoms with van der Waals surface area (Å²) in [5.74, 6) is 1.60. The predicted octanol–water partition coefficient (Wildman–Crippen LogP) is 2.23. The molecule has 0 aliphatic carbocycles. The average molecular weight is 169 g/mol. The van der Waals surface area contributed by atoms with Gasteiger partial charge in [0.25, 0.3) is 0 Å². The third-order valence-corrected chi connectivity index (χ3v) is 1.69. The summed E-state index contributed by atoms with van der Waals surface area (Å²) in [5.41, 5.74) is 2.00. The van der Waals surface area contributed by atoms with Gasteiger partial charge < -0.3 is 4.52 Å². The lowest BCUT2D eigenvalue weighted by Crippen LogP contribution is -1.76. The smallest absolute Gasteiger partial charge is 0.141 e. The first-order chi connectivity index (χ1) is 5.25. The maximum absolute atomic E-state index is 4.97. The van der Waals surface area contributed by atoms with E-state index in [0.29, 0.717) is 0 Å². The monoisotopic (exact) mass is 169 g/mol. The molecule has 0 N–H and O–H groups in total. The molecule has 60 valence electrons. The lowest BCUT2D eigenvalue weighted by atomic mass is 10.2. The molecule has 0 unspecified atom stereocenters. The Kier molecular flexibility index (Phi) is 2.76. The van der Waals surface area contributed by atoms with Crippen LogP contribution in [0.5, 0.6) is 0 Å². The van der Waals surface area contributed by atoms with Crippen LogP contribution in [0.15, 0.2) is 10.6 Å². The van der Waals surface area contributed by atoms with Gasteiger partial charge in [0.15, 0.2) is 0 Å². The first kappa shape index (κ1) is 8.40. The lowest BCUT2D eigenvalue weighted by Gasteiger charge is -1.86. The first-order valence-corrected chi connectivity index (χ1v) is 4.09. The van der Waals surface area contributed by atoms with Crippen LogP contribution in [0.1, 0.15) is 17.0 Å². The van der Waals surface area contributed by atoms with E-state index >= 15 is 0 Å². The molecular weight excluding hydrogens is 158 g/mol. The molecule has 1 aromatic heterocycles. The number of aryl methyl sites for hydroxylation is 2. The van der Waals surface area contributed by atoms with Crippen molar-refractivity contribution in [3.05, 3.63) is 23.1 Å². The number of hydrogen-bond acceptors (Lipinski definition) is 3. The van der Waals surface area contributed by atoms with E-state index in [1.54, 1.807) is 0 Å². The van der Waals surface area contributed by atoms with E-state index in [2.05, 4.69) is 17.8 Å². The summed E-state index contributed by atoms with van der Waals surface area (Å²) in [4.78, 5) is 0. The van der Waals surface area contributed by atoms with E-state index in [9.17, 15) is 0 Å². The lowest BCUT2D eigenvalue weighted by molar-refractivity contribution is 0.393. The van der Waals surface area contributed by atoms with Crippen molar-refractivity contribution in [2.75, 3.05) is 5.75 Å². The maximum Gasteiger partial charge on any atom is 0.141 e. The van der Waals surface area contributed by atoms with Crippen molar-refractivity contribution in [3.63, 3.8) is 0 Å². The number of aromatic nitrogens is 1. The SMILES string of the molecule is Cc1noc(C)c1C=CCS. The molecular formula is C8H11NOS. The van der Waals surface area contributed by atoms with Crippen LogP contribution in [0.4, 0.5) is 0 Å². The molecule has 0 atom stereocenters. The normalized spacial score (nSPS) is 11.2. The second-order valence-corrected chi connectivity index (χ2v) is 2.69.